The third-order valence-corrected chi connectivity index (χ3v) is 16.6. The first kappa shape index (κ1) is 54.6. The topological polar surface area (TPSA) is 22.8 Å². The number of aromatic nitrogens is 2. The van der Waals surface area contributed by atoms with Crippen molar-refractivity contribution in [3.63, 3.8) is 0 Å². The van der Waals surface area contributed by atoms with Gasteiger partial charge in [0, 0.05) is 90.4 Å². The second kappa shape index (κ2) is 24.0. The van der Waals surface area contributed by atoms with Crippen LogP contribution in [0, 0.1) is 11.6 Å². The molecule has 0 N–H and O–H groups in total. The molecule has 0 aliphatic heterocycles. The van der Waals surface area contributed by atoms with Crippen LogP contribution in [0.15, 0.2) is 352 Å². The predicted molar refractivity (Wildman–Crippen MR) is 370 cm³/mol. The number of hydrogen-bond donors (Lipinski definition) is 0. The molecule has 0 saturated carbocycles. The lowest BCUT2D eigenvalue weighted by atomic mass is 10.1. The van der Waals surface area contributed by atoms with Crippen molar-refractivity contribution < 1.29 is 8.78 Å². The van der Waals surface area contributed by atoms with E-state index in [1.807, 2.05) is 60.7 Å². The molecule has 0 amide bonds. The number of fused-ring (bicyclic) bond motifs is 2. The van der Waals surface area contributed by atoms with E-state index >= 15 is 0 Å². The van der Waals surface area contributed by atoms with Gasteiger partial charge in [0.15, 0.2) is 0 Å². The van der Waals surface area contributed by atoms with Crippen molar-refractivity contribution in [2.45, 2.75) is 0 Å². The molecular formula is C82H58F2N6. The Morgan fingerprint density at radius 3 is 0.622 bits per heavy atom. The normalized spacial score (nSPS) is 11.2. The molecule has 6 nitrogen and oxygen atoms in total. The lowest BCUT2D eigenvalue weighted by Crippen LogP contribution is -2.12. The van der Waals surface area contributed by atoms with Crippen LogP contribution in [0.25, 0.3) is 55.7 Å². The highest BCUT2D eigenvalue weighted by Gasteiger charge is 2.22. The molecule has 430 valence electrons. The maximum absolute atomic E-state index is 14.7. The van der Waals surface area contributed by atoms with Gasteiger partial charge >= 0.3 is 0 Å². The van der Waals surface area contributed by atoms with E-state index in [0.29, 0.717) is 0 Å². The first-order valence-electron chi connectivity index (χ1n) is 30.1. The summed E-state index contributed by atoms with van der Waals surface area (Å²) in [5, 5.41) is 1.99. The lowest BCUT2D eigenvalue weighted by Gasteiger charge is -2.28. The van der Waals surface area contributed by atoms with Crippen LogP contribution in [0.2, 0.25) is 0 Å². The summed E-state index contributed by atoms with van der Waals surface area (Å²) in [6, 6.07) is 120. The highest BCUT2D eigenvalue weighted by atomic mass is 19.1. The summed E-state index contributed by atoms with van der Waals surface area (Å²) in [6.45, 7) is 0. The lowest BCUT2D eigenvalue weighted by molar-refractivity contribution is 0.627. The monoisotopic (exact) mass is 1160 g/mol. The van der Waals surface area contributed by atoms with Crippen molar-refractivity contribution in [2.75, 3.05) is 19.6 Å². The Balaban J connectivity index is 0.817. The van der Waals surface area contributed by atoms with Crippen LogP contribution in [0.3, 0.4) is 0 Å². The number of nitrogens with zero attached hydrogens (tertiary/aromatic N) is 6. The molecule has 0 bridgehead atoms. The van der Waals surface area contributed by atoms with Crippen molar-refractivity contribution in [2.24, 2.45) is 0 Å². The smallest absolute Gasteiger partial charge is 0.123 e. The van der Waals surface area contributed by atoms with Crippen LogP contribution in [0.4, 0.5) is 77.0 Å². The highest BCUT2D eigenvalue weighted by Crippen LogP contribution is 2.44. The largest absolute Gasteiger partial charge is 0.311 e. The zero-order valence-corrected chi connectivity index (χ0v) is 48.9. The van der Waals surface area contributed by atoms with Crippen molar-refractivity contribution in [1.82, 2.24) is 9.13 Å². The summed E-state index contributed by atoms with van der Waals surface area (Å²) in [7, 11) is 0. The molecule has 0 radical (unpaired) electrons. The van der Waals surface area contributed by atoms with Crippen LogP contribution in [0.5, 0.6) is 0 Å². The number of anilines is 12. The Labute approximate surface area is 522 Å². The van der Waals surface area contributed by atoms with Gasteiger partial charge in [0.2, 0.25) is 0 Å². The maximum atomic E-state index is 14.7. The average molecular weight is 1170 g/mol. The summed E-state index contributed by atoms with van der Waals surface area (Å²) < 4.78 is 34.0. The van der Waals surface area contributed by atoms with Gasteiger partial charge in [-0.3, -0.25) is 0 Å². The molecule has 0 atom stereocenters. The Hall–Kier alpha value is -12.0. The molecule has 0 aliphatic rings. The molecule has 15 aromatic rings. The van der Waals surface area contributed by atoms with Gasteiger partial charge in [0.25, 0.3) is 0 Å². The van der Waals surface area contributed by atoms with Gasteiger partial charge in [0.1, 0.15) is 11.6 Å². The Bertz CT molecular complexity index is 4500. The van der Waals surface area contributed by atoms with E-state index in [4.69, 9.17) is 0 Å². The summed E-state index contributed by atoms with van der Waals surface area (Å²) in [4.78, 5) is 9.08. The van der Waals surface area contributed by atoms with Crippen LogP contribution >= 0.6 is 0 Å². The van der Waals surface area contributed by atoms with Crippen LogP contribution in [0.1, 0.15) is 0 Å². The molecule has 0 saturated heterocycles. The molecule has 2 aromatic heterocycles. The quantitative estimate of drug-likeness (QED) is 0.0962. The molecule has 0 aliphatic carbocycles. The fourth-order valence-electron chi connectivity index (χ4n) is 12.4. The van der Waals surface area contributed by atoms with E-state index < -0.39 is 0 Å². The number of halogens is 2. The molecule has 0 fully saturated rings. The standard InChI is InChI=1S/C82H58F2N6/c83-63-35-31-59(32-36-63)79-55-61-58-82-62(57-81(61)89(79)77-51-47-75(48-52-77)87(69-27-15-5-16-28-69)73-43-39-71(40-44-73)85(65-19-7-1-8-20-65)66-21-9-2-10-22-66)56-80(60-33-37-64(84)38-34-60)90(82)78-53-49-76(50-54-78)88(70-29-17-6-18-30-70)74-45-41-72(42-46-74)86(67-23-11-3-12-24-67)68-25-13-4-14-26-68/h1-58H. The minimum absolute atomic E-state index is 0.300. The molecule has 8 heteroatoms. The van der Waals surface area contributed by atoms with Crippen molar-refractivity contribution >= 4 is 90.1 Å². The SMILES string of the molecule is Fc1ccc(-c2cc3cc4c(cc(-c5ccc(F)cc5)n4-c4ccc(N(c5ccccc5)c5ccc(N(c6ccccc6)c6ccccc6)cc5)cc4)cc3n2-c2ccc(N(c3ccccc3)c3ccc(N(c4ccccc4)c4ccccc4)cc3)cc2)cc1. The second-order valence-electron chi connectivity index (χ2n) is 22.1. The Morgan fingerprint density at radius 1 is 0.200 bits per heavy atom. The zero-order valence-electron chi connectivity index (χ0n) is 48.9. The van der Waals surface area contributed by atoms with Crippen LogP contribution in [-0.4, -0.2) is 9.13 Å². The number of hydrogen-bond acceptors (Lipinski definition) is 4. The minimum atomic E-state index is -0.300. The molecule has 13 aromatic carbocycles. The van der Waals surface area contributed by atoms with Crippen LogP contribution < -0.4 is 19.6 Å². The fourth-order valence-corrected chi connectivity index (χ4v) is 12.4. The van der Waals surface area contributed by atoms with Gasteiger partial charge < -0.3 is 28.7 Å². The van der Waals surface area contributed by atoms with Gasteiger partial charge in [-0.25, -0.2) is 8.78 Å². The summed E-state index contributed by atoms with van der Waals surface area (Å²) in [5.74, 6) is -0.601. The maximum Gasteiger partial charge on any atom is 0.123 e. The predicted octanol–water partition coefficient (Wildman–Crippen LogP) is 23.1. The summed E-state index contributed by atoms with van der Waals surface area (Å²) in [6.07, 6.45) is 0. The van der Waals surface area contributed by atoms with Crippen molar-refractivity contribution in [3.8, 4) is 33.9 Å². The van der Waals surface area contributed by atoms with E-state index in [0.717, 1.165) is 124 Å². The van der Waals surface area contributed by atoms with Crippen molar-refractivity contribution in [3.05, 3.63) is 363 Å². The molecule has 0 spiro atoms. The zero-order chi connectivity index (χ0) is 60.3. The third-order valence-electron chi connectivity index (χ3n) is 16.6. The Morgan fingerprint density at radius 2 is 0.400 bits per heavy atom. The second-order valence-corrected chi connectivity index (χ2v) is 22.1. The summed E-state index contributed by atoms with van der Waals surface area (Å²) >= 11 is 0. The van der Waals surface area contributed by atoms with Gasteiger partial charge in [-0.05, 0) is 254 Å². The van der Waals surface area contributed by atoms with Crippen molar-refractivity contribution in [1.29, 1.82) is 0 Å². The minimum Gasteiger partial charge on any atom is -0.311 e. The first-order valence-corrected chi connectivity index (χ1v) is 30.1. The first-order chi connectivity index (χ1) is 44.5. The fraction of sp³-hybridized carbons (Fsp3) is 0. The molecule has 0 unspecified atom stereocenters. The number of para-hydroxylation sites is 6. The molecule has 90 heavy (non-hydrogen) atoms. The molecule has 2 heterocycles. The van der Waals surface area contributed by atoms with Gasteiger partial charge in [0.05, 0.1) is 22.4 Å². The molecule has 15 rings (SSSR count). The Kier molecular flexibility index (Phi) is 14.6. The number of benzene rings is 13. The third kappa shape index (κ3) is 10.7. The van der Waals surface area contributed by atoms with Gasteiger partial charge in [-0.1, -0.05) is 109 Å². The molecular weight excluding hydrogens is 1110 g/mol. The van der Waals surface area contributed by atoms with E-state index in [-0.39, 0.29) is 11.6 Å². The summed E-state index contributed by atoms with van der Waals surface area (Å²) in [5.41, 5.74) is 19.8. The van der Waals surface area contributed by atoms with E-state index in [1.165, 1.54) is 24.3 Å². The van der Waals surface area contributed by atoms with Crippen LogP contribution in [-0.2, 0) is 0 Å². The van der Waals surface area contributed by atoms with E-state index in [2.05, 4.69) is 296 Å². The van der Waals surface area contributed by atoms with Gasteiger partial charge in [-0.2, -0.15) is 0 Å². The number of rotatable bonds is 16. The average Bonchev–Trinajstić information content (AvgIpc) is 2.95. The van der Waals surface area contributed by atoms with Gasteiger partial charge in [-0.15, -0.1) is 0 Å². The highest BCUT2D eigenvalue weighted by molar-refractivity contribution is 6.02. The van der Waals surface area contributed by atoms with E-state index in [1.54, 1.807) is 0 Å². The van der Waals surface area contributed by atoms with E-state index in [9.17, 15) is 8.78 Å².